The van der Waals surface area contributed by atoms with Crippen LogP contribution in [-0.2, 0) is 4.74 Å². The maximum absolute atomic E-state index is 12.9. The van der Waals surface area contributed by atoms with Gasteiger partial charge in [-0.2, -0.15) is 0 Å². The van der Waals surface area contributed by atoms with Gasteiger partial charge in [-0.25, -0.2) is 9.18 Å². The van der Waals surface area contributed by atoms with Crippen LogP contribution in [0.1, 0.15) is 20.8 Å². The number of benzene rings is 1. The second-order valence-electron chi connectivity index (χ2n) is 5.79. The monoisotopic (exact) mass is 303 g/mol. The molecule has 0 bridgehead atoms. The highest BCUT2D eigenvalue weighted by Gasteiger charge is 2.17. The summed E-state index contributed by atoms with van der Waals surface area (Å²) < 4.78 is 18.1. The highest BCUT2D eigenvalue weighted by Crippen LogP contribution is 2.25. The number of halogens is 1. The molecule has 0 unspecified atom stereocenters. The Labute approximate surface area is 128 Å². The number of carbonyl (C=O) groups is 1. The molecule has 0 spiro atoms. The number of amides is 1. The van der Waals surface area contributed by atoms with Crippen LogP contribution in [0.4, 0.5) is 20.6 Å². The van der Waals surface area contributed by atoms with Crippen LogP contribution in [0, 0.1) is 5.82 Å². The van der Waals surface area contributed by atoms with Crippen molar-refractivity contribution in [2.45, 2.75) is 26.4 Å². The van der Waals surface area contributed by atoms with Crippen molar-refractivity contribution in [1.82, 2.24) is 4.98 Å². The van der Waals surface area contributed by atoms with Crippen LogP contribution >= 0.6 is 0 Å². The van der Waals surface area contributed by atoms with Crippen molar-refractivity contribution in [3.8, 4) is 11.3 Å². The molecule has 0 fully saturated rings. The van der Waals surface area contributed by atoms with Crippen LogP contribution in [0.5, 0.6) is 0 Å². The van der Waals surface area contributed by atoms with Gasteiger partial charge in [0.15, 0.2) is 0 Å². The summed E-state index contributed by atoms with van der Waals surface area (Å²) in [6.45, 7) is 5.31. The number of anilines is 2. The number of nitrogen functional groups attached to an aromatic ring is 1. The van der Waals surface area contributed by atoms with Gasteiger partial charge in [0.05, 0.1) is 23.3 Å². The number of rotatable bonds is 2. The maximum atomic E-state index is 12.9. The molecule has 0 aliphatic rings. The number of nitrogens with two attached hydrogens (primary N) is 1. The number of hydrogen-bond acceptors (Lipinski definition) is 4. The minimum Gasteiger partial charge on any atom is -0.444 e. The molecule has 1 heterocycles. The van der Waals surface area contributed by atoms with Gasteiger partial charge in [0.1, 0.15) is 11.4 Å². The molecule has 1 aromatic heterocycles. The Bertz CT molecular complexity index is 679. The number of hydrogen-bond donors (Lipinski definition) is 2. The molecular weight excluding hydrogens is 285 g/mol. The van der Waals surface area contributed by atoms with E-state index in [4.69, 9.17) is 10.5 Å². The number of aromatic nitrogens is 1. The van der Waals surface area contributed by atoms with Gasteiger partial charge >= 0.3 is 6.09 Å². The first-order valence-electron chi connectivity index (χ1n) is 6.76. The lowest BCUT2D eigenvalue weighted by atomic mass is 10.1. The van der Waals surface area contributed by atoms with E-state index in [1.807, 2.05) is 0 Å². The Balaban J connectivity index is 2.16. The van der Waals surface area contributed by atoms with E-state index in [0.29, 0.717) is 17.1 Å². The average molecular weight is 303 g/mol. The van der Waals surface area contributed by atoms with Crippen LogP contribution in [0.25, 0.3) is 11.3 Å². The van der Waals surface area contributed by atoms with E-state index in [2.05, 4.69) is 10.3 Å². The van der Waals surface area contributed by atoms with E-state index in [9.17, 15) is 9.18 Å². The largest absolute Gasteiger partial charge is 0.444 e. The van der Waals surface area contributed by atoms with Crippen molar-refractivity contribution >= 4 is 17.5 Å². The zero-order chi connectivity index (χ0) is 16.3. The predicted molar refractivity (Wildman–Crippen MR) is 83.9 cm³/mol. The summed E-state index contributed by atoms with van der Waals surface area (Å²) in [5.74, 6) is -0.320. The molecule has 0 saturated carbocycles. The molecule has 3 N–H and O–H groups in total. The van der Waals surface area contributed by atoms with E-state index in [1.165, 1.54) is 18.3 Å². The minimum atomic E-state index is -0.601. The van der Waals surface area contributed by atoms with E-state index in [1.54, 1.807) is 39.0 Å². The molecule has 5 nitrogen and oxygen atoms in total. The fourth-order valence-electron chi connectivity index (χ4n) is 1.77. The van der Waals surface area contributed by atoms with Crippen LogP contribution in [-0.4, -0.2) is 16.7 Å². The fraction of sp³-hybridized carbons (Fsp3) is 0.250. The van der Waals surface area contributed by atoms with Gasteiger partial charge in [-0.05, 0) is 51.1 Å². The van der Waals surface area contributed by atoms with Crippen molar-refractivity contribution < 1.29 is 13.9 Å². The van der Waals surface area contributed by atoms with Gasteiger partial charge in [-0.1, -0.05) is 0 Å². The Hall–Kier alpha value is -2.63. The van der Waals surface area contributed by atoms with E-state index in [0.717, 1.165) is 5.56 Å². The molecule has 0 atom stereocenters. The van der Waals surface area contributed by atoms with Gasteiger partial charge in [0.2, 0.25) is 0 Å². The fourth-order valence-corrected chi connectivity index (χ4v) is 1.77. The lowest BCUT2D eigenvalue weighted by Crippen LogP contribution is -2.27. The molecule has 0 aliphatic heterocycles. The average Bonchev–Trinajstić information content (AvgIpc) is 2.40. The molecule has 0 saturated heterocycles. The van der Waals surface area contributed by atoms with Gasteiger partial charge in [-0.3, -0.25) is 10.3 Å². The summed E-state index contributed by atoms with van der Waals surface area (Å²) >= 11 is 0. The number of carbonyl (C=O) groups excluding carboxylic acids is 1. The lowest BCUT2D eigenvalue weighted by molar-refractivity contribution is 0.0636. The van der Waals surface area contributed by atoms with E-state index in [-0.39, 0.29) is 5.82 Å². The molecule has 6 heteroatoms. The van der Waals surface area contributed by atoms with Crippen molar-refractivity contribution in [1.29, 1.82) is 0 Å². The van der Waals surface area contributed by atoms with Gasteiger partial charge in [0.25, 0.3) is 0 Å². The second-order valence-corrected chi connectivity index (χ2v) is 5.79. The Morgan fingerprint density at radius 2 is 1.91 bits per heavy atom. The lowest BCUT2D eigenvalue weighted by Gasteiger charge is -2.20. The van der Waals surface area contributed by atoms with Crippen LogP contribution in [0.3, 0.4) is 0 Å². The number of pyridine rings is 1. The molecule has 1 amide bonds. The Morgan fingerprint density at radius 3 is 2.45 bits per heavy atom. The van der Waals surface area contributed by atoms with Crippen LogP contribution in [0.15, 0.2) is 36.5 Å². The van der Waals surface area contributed by atoms with Crippen LogP contribution in [0.2, 0.25) is 0 Å². The SMILES string of the molecule is CC(C)(C)OC(=O)Nc1cnc(-c2ccc(F)cc2)cc1N. The molecule has 0 radical (unpaired) electrons. The third-order valence-corrected chi connectivity index (χ3v) is 2.71. The first-order valence-corrected chi connectivity index (χ1v) is 6.76. The molecule has 1 aromatic carbocycles. The summed E-state index contributed by atoms with van der Waals surface area (Å²) in [7, 11) is 0. The third kappa shape index (κ3) is 4.18. The molecular formula is C16H18FN3O2. The van der Waals surface area contributed by atoms with Crippen molar-refractivity contribution in [3.05, 3.63) is 42.3 Å². The summed E-state index contributed by atoms with van der Waals surface area (Å²) in [6, 6.07) is 7.52. The van der Waals surface area contributed by atoms with Crippen LogP contribution < -0.4 is 11.1 Å². The summed E-state index contributed by atoms with van der Waals surface area (Å²) in [4.78, 5) is 15.9. The topological polar surface area (TPSA) is 77.2 Å². The molecule has 116 valence electrons. The van der Waals surface area contributed by atoms with E-state index < -0.39 is 11.7 Å². The van der Waals surface area contributed by atoms with Crippen molar-refractivity contribution in [2.24, 2.45) is 0 Å². The first-order chi connectivity index (χ1) is 10.2. The Morgan fingerprint density at radius 1 is 1.27 bits per heavy atom. The third-order valence-electron chi connectivity index (χ3n) is 2.71. The summed E-state index contributed by atoms with van der Waals surface area (Å²) in [5, 5.41) is 2.55. The number of ether oxygens (including phenoxy) is 1. The quantitative estimate of drug-likeness (QED) is 0.884. The number of nitrogens with one attached hydrogen (secondary N) is 1. The highest BCUT2D eigenvalue weighted by atomic mass is 19.1. The molecule has 22 heavy (non-hydrogen) atoms. The molecule has 2 rings (SSSR count). The van der Waals surface area contributed by atoms with Gasteiger partial charge in [-0.15, -0.1) is 0 Å². The smallest absolute Gasteiger partial charge is 0.412 e. The van der Waals surface area contributed by atoms with Crippen molar-refractivity contribution in [3.63, 3.8) is 0 Å². The summed E-state index contributed by atoms with van der Waals surface area (Å²) in [5.41, 5.74) is 7.35. The zero-order valence-corrected chi connectivity index (χ0v) is 12.7. The standard InChI is InChI=1S/C16H18FN3O2/c1-16(2,3)22-15(21)20-14-9-19-13(8-12(14)18)10-4-6-11(17)7-5-10/h4-9H,1-3H3,(H2,18,19)(H,20,21). The molecule has 2 aromatic rings. The molecule has 0 aliphatic carbocycles. The maximum Gasteiger partial charge on any atom is 0.412 e. The Kier molecular flexibility index (Phi) is 4.30. The van der Waals surface area contributed by atoms with E-state index >= 15 is 0 Å². The van der Waals surface area contributed by atoms with Crippen molar-refractivity contribution in [2.75, 3.05) is 11.1 Å². The number of nitrogens with zero attached hydrogens (tertiary/aromatic N) is 1. The highest BCUT2D eigenvalue weighted by molar-refractivity contribution is 5.89. The second kappa shape index (κ2) is 6.01. The zero-order valence-electron chi connectivity index (χ0n) is 12.7. The first kappa shape index (κ1) is 15.8. The minimum absolute atomic E-state index is 0.320. The van der Waals surface area contributed by atoms with Gasteiger partial charge < -0.3 is 10.5 Å². The summed E-state index contributed by atoms with van der Waals surface area (Å²) in [6.07, 6.45) is 0.841. The normalized spacial score (nSPS) is 11.1. The predicted octanol–water partition coefficient (Wildman–Crippen LogP) is 3.82. The van der Waals surface area contributed by atoms with Gasteiger partial charge in [0, 0.05) is 5.56 Å².